The average molecular weight is 143 g/mol. The van der Waals surface area contributed by atoms with E-state index < -0.39 is 0 Å². The van der Waals surface area contributed by atoms with Gasteiger partial charge in [-0.1, -0.05) is 0 Å². The molecular formula is C6H6FNO2. The van der Waals surface area contributed by atoms with Crippen molar-refractivity contribution >= 4 is 5.69 Å². The van der Waals surface area contributed by atoms with Gasteiger partial charge in [0, 0.05) is 0 Å². The molecule has 4 heteroatoms. The SMILES string of the molecule is OONc1ccc(F)cc1. The standard InChI is InChI=1S/C6H6FNO2/c7-5-1-3-6(4-2-5)8-10-9/h1-4,8-9H. The van der Waals surface area contributed by atoms with Gasteiger partial charge >= 0.3 is 0 Å². The molecule has 0 aliphatic heterocycles. The summed E-state index contributed by atoms with van der Waals surface area (Å²) in [5, 5.41) is 7.88. The van der Waals surface area contributed by atoms with Crippen molar-refractivity contribution in [3.05, 3.63) is 30.1 Å². The van der Waals surface area contributed by atoms with Crippen LogP contribution in [0, 0.1) is 5.82 Å². The second-order valence-corrected chi connectivity index (χ2v) is 1.70. The lowest BCUT2D eigenvalue weighted by Gasteiger charge is -1.98. The summed E-state index contributed by atoms with van der Waals surface area (Å²) in [5.41, 5.74) is 2.61. The molecule has 3 nitrogen and oxygen atoms in total. The van der Waals surface area contributed by atoms with E-state index in [-0.39, 0.29) is 5.82 Å². The number of benzene rings is 1. The molecule has 10 heavy (non-hydrogen) atoms. The molecule has 0 saturated heterocycles. The third-order valence-corrected chi connectivity index (χ3v) is 1.01. The monoisotopic (exact) mass is 143 g/mol. The van der Waals surface area contributed by atoms with E-state index in [0.29, 0.717) is 5.69 Å². The molecule has 0 fully saturated rings. The summed E-state index contributed by atoms with van der Waals surface area (Å²) >= 11 is 0. The van der Waals surface area contributed by atoms with Crippen LogP contribution in [-0.2, 0) is 4.99 Å². The highest BCUT2D eigenvalue weighted by Crippen LogP contribution is 2.06. The van der Waals surface area contributed by atoms with E-state index in [0.717, 1.165) is 0 Å². The zero-order valence-corrected chi connectivity index (χ0v) is 5.04. The van der Waals surface area contributed by atoms with Crippen LogP contribution in [0.1, 0.15) is 0 Å². The number of rotatable bonds is 2. The van der Waals surface area contributed by atoms with Gasteiger partial charge in [0.05, 0.1) is 5.69 Å². The van der Waals surface area contributed by atoms with E-state index in [1.54, 1.807) is 0 Å². The number of hydrogen-bond donors (Lipinski definition) is 2. The summed E-state index contributed by atoms with van der Waals surface area (Å²) < 4.78 is 12.2. The van der Waals surface area contributed by atoms with Gasteiger partial charge in [-0.25, -0.2) is 15.1 Å². The second kappa shape index (κ2) is 3.14. The predicted octanol–water partition coefficient (Wildman–Crippen LogP) is 1.64. The topological polar surface area (TPSA) is 41.5 Å². The van der Waals surface area contributed by atoms with Crippen molar-refractivity contribution in [2.75, 3.05) is 5.48 Å². The smallest absolute Gasteiger partial charge is 0.123 e. The molecule has 0 amide bonds. The van der Waals surface area contributed by atoms with Gasteiger partial charge < -0.3 is 0 Å². The van der Waals surface area contributed by atoms with E-state index in [9.17, 15) is 4.39 Å². The molecule has 0 spiro atoms. The van der Waals surface area contributed by atoms with Crippen LogP contribution in [0.25, 0.3) is 0 Å². The summed E-state index contributed by atoms with van der Waals surface area (Å²) in [4.78, 5) is 3.60. The summed E-state index contributed by atoms with van der Waals surface area (Å²) in [5.74, 6) is -0.330. The zero-order chi connectivity index (χ0) is 7.40. The summed E-state index contributed by atoms with van der Waals surface area (Å²) in [6.07, 6.45) is 0. The van der Waals surface area contributed by atoms with Crippen LogP contribution >= 0.6 is 0 Å². The Morgan fingerprint density at radius 2 is 1.90 bits per heavy atom. The lowest BCUT2D eigenvalue weighted by Crippen LogP contribution is -1.95. The number of nitrogens with one attached hydrogen (secondary N) is 1. The van der Waals surface area contributed by atoms with Crippen LogP contribution in [0.15, 0.2) is 24.3 Å². The molecule has 0 aliphatic rings. The molecule has 0 heterocycles. The molecule has 1 aromatic carbocycles. The maximum Gasteiger partial charge on any atom is 0.123 e. The third kappa shape index (κ3) is 1.68. The molecule has 0 aliphatic carbocycles. The first kappa shape index (κ1) is 6.98. The molecule has 0 bridgehead atoms. The molecule has 54 valence electrons. The third-order valence-electron chi connectivity index (χ3n) is 1.01. The molecule has 0 atom stereocenters. The van der Waals surface area contributed by atoms with E-state index >= 15 is 0 Å². The first-order valence-electron chi connectivity index (χ1n) is 2.65. The summed E-state index contributed by atoms with van der Waals surface area (Å²) in [6, 6.07) is 5.37. The molecule has 0 unspecified atom stereocenters. The Bertz CT molecular complexity index is 199. The fourth-order valence-corrected chi connectivity index (χ4v) is 0.571. The van der Waals surface area contributed by atoms with Crippen molar-refractivity contribution in [1.29, 1.82) is 0 Å². The van der Waals surface area contributed by atoms with Crippen molar-refractivity contribution in [3.63, 3.8) is 0 Å². The largest absolute Gasteiger partial charge is 0.236 e. The Morgan fingerprint density at radius 3 is 2.40 bits per heavy atom. The molecule has 2 N–H and O–H groups in total. The highest BCUT2D eigenvalue weighted by molar-refractivity contribution is 5.40. The predicted molar refractivity (Wildman–Crippen MR) is 33.7 cm³/mol. The Kier molecular flexibility index (Phi) is 2.20. The van der Waals surface area contributed by atoms with Gasteiger partial charge in [-0.3, -0.25) is 0 Å². The number of hydrogen-bond acceptors (Lipinski definition) is 3. The van der Waals surface area contributed by atoms with E-state index in [2.05, 4.69) is 10.5 Å². The fraction of sp³-hybridized carbons (Fsp3) is 0. The molecule has 0 aromatic heterocycles. The van der Waals surface area contributed by atoms with E-state index in [1.165, 1.54) is 24.3 Å². The van der Waals surface area contributed by atoms with Crippen molar-refractivity contribution < 1.29 is 14.6 Å². The lowest BCUT2D eigenvalue weighted by atomic mass is 10.3. The molecule has 0 radical (unpaired) electrons. The van der Waals surface area contributed by atoms with Gasteiger partial charge in [-0.2, -0.15) is 0 Å². The summed E-state index contributed by atoms with van der Waals surface area (Å²) in [6.45, 7) is 0. The molecule has 0 saturated carbocycles. The van der Waals surface area contributed by atoms with Gasteiger partial charge in [-0.05, 0) is 24.3 Å². The molecule has 1 aromatic rings. The van der Waals surface area contributed by atoms with Gasteiger partial charge in [0.2, 0.25) is 0 Å². The maximum atomic E-state index is 12.2. The van der Waals surface area contributed by atoms with Crippen LogP contribution in [0.3, 0.4) is 0 Å². The minimum Gasteiger partial charge on any atom is -0.236 e. The minimum absolute atomic E-state index is 0.330. The quantitative estimate of drug-likeness (QED) is 0.488. The first-order chi connectivity index (χ1) is 4.83. The Morgan fingerprint density at radius 1 is 1.30 bits per heavy atom. The van der Waals surface area contributed by atoms with Crippen LogP contribution in [-0.4, -0.2) is 5.26 Å². The van der Waals surface area contributed by atoms with Crippen molar-refractivity contribution in [3.8, 4) is 0 Å². The van der Waals surface area contributed by atoms with Crippen molar-refractivity contribution in [1.82, 2.24) is 0 Å². The summed E-state index contributed by atoms with van der Waals surface area (Å²) in [7, 11) is 0. The van der Waals surface area contributed by atoms with Crippen LogP contribution < -0.4 is 5.48 Å². The van der Waals surface area contributed by atoms with E-state index in [4.69, 9.17) is 5.26 Å². The number of anilines is 1. The minimum atomic E-state index is -0.330. The highest BCUT2D eigenvalue weighted by atomic mass is 19.1. The van der Waals surface area contributed by atoms with E-state index in [1.807, 2.05) is 0 Å². The zero-order valence-electron chi connectivity index (χ0n) is 5.04. The highest BCUT2D eigenvalue weighted by Gasteiger charge is 1.89. The van der Waals surface area contributed by atoms with Gasteiger partial charge in [0.15, 0.2) is 0 Å². The second-order valence-electron chi connectivity index (χ2n) is 1.70. The van der Waals surface area contributed by atoms with Crippen LogP contribution in [0.5, 0.6) is 0 Å². The Labute approximate surface area is 56.9 Å². The normalized spacial score (nSPS) is 9.40. The maximum absolute atomic E-state index is 12.2. The van der Waals surface area contributed by atoms with Crippen molar-refractivity contribution in [2.45, 2.75) is 0 Å². The molecule has 1 rings (SSSR count). The lowest BCUT2D eigenvalue weighted by molar-refractivity contribution is -0.215. The van der Waals surface area contributed by atoms with Crippen LogP contribution in [0.4, 0.5) is 10.1 Å². The average Bonchev–Trinajstić information content (AvgIpc) is 1.95. The Balaban J connectivity index is 2.69. The Hall–Kier alpha value is -1.13. The fourth-order valence-electron chi connectivity index (χ4n) is 0.571. The van der Waals surface area contributed by atoms with Crippen molar-refractivity contribution in [2.24, 2.45) is 0 Å². The number of halogens is 1. The van der Waals surface area contributed by atoms with Gasteiger partial charge in [-0.15, -0.1) is 4.99 Å². The molecular weight excluding hydrogens is 137 g/mol. The van der Waals surface area contributed by atoms with Gasteiger partial charge in [0.1, 0.15) is 5.82 Å². The first-order valence-corrected chi connectivity index (χ1v) is 2.65. The van der Waals surface area contributed by atoms with Crippen LogP contribution in [0.2, 0.25) is 0 Å². The van der Waals surface area contributed by atoms with Gasteiger partial charge in [0.25, 0.3) is 0 Å².